The van der Waals surface area contributed by atoms with Gasteiger partial charge >= 0.3 is 5.97 Å². The minimum atomic E-state index is -0.299. The van der Waals surface area contributed by atoms with E-state index in [2.05, 4.69) is 47.2 Å². The van der Waals surface area contributed by atoms with Crippen LogP contribution in [0.25, 0.3) is 0 Å². The Labute approximate surface area is 161 Å². The number of benzene rings is 2. The molecule has 1 fully saturated rings. The second-order valence-corrected chi connectivity index (χ2v) is 6.91. The maximum absolute atomic E-state index is 11.7. The first-order valence-corrected chi connectivity index (χ1v) is 9.52. The molecule has 0 N–H and O–H groups in total. The fraction of sp³-hybridized carbons (Fsp3) is 0.409. The zero-order chi connectivity index (χ0) is 19.1. The van der Waals surface area contributed by atoms with Gasteiger partial charge in [-0.3, -0.25) is 9.80 Å². The maximum Gasteiger partial charge on any atom is 0.338 e. The molecule has 0 saturated carbocycles. The van der Waals surface area contributed by atoms with Gasteiger partial charge in [0.05, 0.1) is 18.2 Å². The van der Waals surface area contributed by atoms with Gasteiger partial charge in [-0.15, -0.1) is 0 Å². The Kier molecular flexibility index (Phi) is 6.85. The van der Waals surface area contributed by atoms with Gasteiger partial charge in [0.2, 0.25) is 0 Å². The summed E-state index contributed by atoms with van der Waals surface area (Å²) in [4.78, 5) is 16.6. The second kappa shape index (κ2) is 9.53. The molecule has 0 spiro atoms. The molecule has 3 rings (SSSR count). The molecule has 0 radical (unpaired) electrons. The van der Waals surface area contributed by atoms with Gasteiger partial charge in [-0.1, -0.05) is 30.3 Å². The number of carbonyl (C=O) groups excluding carboxylic acids is 1. The standard InChI is InChI=1S/C22H28N2O3/c1-3-26-22(25)19-9-11-21(12-10-19)27-17-20-16-24(14-13-23(20)2)15-18-7-5-4-6-8-18/h4-12,20H,3,13-17H2,1-2H3. The summed E-state index contributed by atoms with van der Waals surface area (Å²) < 4.78 is 11.0. The van der Waals surface area contributed by atoms with Gasteiger partial charge in [-0.2, -0.15) is 0 Å². The molecule has 144 valence electrons. The van der Waals surface area contributed by atoms with Gasteiger partial charge in [0.15, 0.2) is 0 Å². The number of hydrogen-bond donors (Lipinski definition) is 0. The van der Waals surface area contributed by atoms with Crippen LogP contribution in [0, 0.1) is 0 Å². The van der Waals surface area contributed by atoms with Gasteiger partial charge in [0.25, 0.3) is 0 Å². The first kappa shape index (κ1) is 19.4. The molecule has 1 atom stereocenters. The molecule has 0 amide bonds. The van der Waals surface area contributed by atoms with E-state index in [0.29, 0.717) is 24.8 Å². The smallest absolute Gasteiger partial charge is 0.338 e. The Balaban J connectivity index is 1.52. The van der Waals surface area contributed by atoms with Gasteiger partial charge in [0, 0.05) is 26.2 Å². The molecule has 2 aromatic rings. The van der Waals surface area contributed by atoms with E-state index >= 15 is 0 Å². The summed E-state index contributed by atoms with van der Waals surface area (Å²) in [6.07, 6.45) is 0. The van der Waals surface area contributed by atoms with Crippen LogP contribution < -0.4 is 4.74 Å². The number of carbonyl (C=O) groups is 1. The Morgan fingerprint density at radius 1 is 1.07 bits per heavy atom. The highest BCUT2D eigenvalue weighted by Crippen LogP contribution is 2.16. The highest BCUT2D eigenvalue weighted by molar-refractivity contribution is 5.89. The molecule has 27 heavy (non-hydrogen) atoms. The quantitative estimate of drug-likeness (QED) is 0.703. The minimum Gasteiger partial charge on any atom is -0.492 e. The highest BCUT2D eigenvalue weighted by Gasteiger charge is 2.24. The molecule has 5 heteroatoms. The first-order chi connectivity index (χ1) is 13.2. The van der Waals surface area contributed by atoms with Crippen molar-refractivity contribution in [3.8, 4) is 5.75 Å². The van der Waals surface area contributed by atoms with E-state index in [0.717, 1.165) is 31.9 Å². The van der Waals surface area contributed by atoms with Crippen LogP contribution in [0.15, 0.2) is 54.6 Å². The van der Waals surface area contributed by atoms with E-state index in [9.17, 15) is 4.79 Å². The van der Waals surface area contributed by atoms with Crippen molar-refractivity contribution in [1.29, 1.82) is 0 Å². The summed E-state index contributed by atoms with van der Waals surface area (Å²) in [6, 6.07) is 18.1. The van der Waals surface area contributed by atoms with E-state index in [4.69, 9.17) is 9.47 Å². The van der Waals surface area contributed by atoms with Crippen molar-refractivity contribution in [2.75, 3.05) is 39.9 Å². The number of rotatable bonds is 7. The first-order valence-electron chi connectivity index (χ1n) is 9.52. The third-order valence-corrected chi connectivity index (χ3v) is 4.92. The Morgan fingerprint density at radius 2 is 1.81 bits per heavy atom. The largest absolute Gasteiger partial charge is 0.492 e. The van der Waals surface area contributed by atoms with Crippen LogP contribution in [-0.2, 0) is 11.3 Å². The SMILES string of the molecule is CCOC(=O)c1ccc(OCC2CN(Cc3ccccc3)CCN2C)cc1. The van der Waals surface area contributed by atoms with Crippen LogP contribution in [0.1, 0.15) is 22.8 Å². The van der Waals surface area contributed by atoms with Crippen LogP contribution in [0.5, 0.6) is 5.75 Å². The topological polar surface area (TPSA) is 42.0 Å². The minimum absolute atomic E-state index is 0.299. The number of esters is 1. The molecule has 1 unspecified atom stereocenters. The number of nitrogens with zero attached hydrogens (tertiary/aromatic N) is 2. The molecule has 1 aliphatic rings. The summed E-state index contributed by atoms with van der Waals surface area (Å²) in [7, 11) is 2.15. The molecule has 1 aliphatic heterocycles. The Hall–Kier alpha value is -2.37. The maximum atomic E-state index is 11.7. The van der Waals surface area contributed by atoms with Gasteiger partial charge < -0.3 is 9.47 Å². The zero-order valence-electron chi connectivity index (χ0n) is 16.1. The lowest BCUT2D eigenvalue weighted by Gasteiger charge is -2.39. The lowest BCUT2D eigenvalue weighted by atomic mass is 10.1. The molecule has 2 aromatic carbocycles. The summed E-state index contributed by atoms with van der Waals surface area (Å²) >= 11 is 0. The molecule has 5 nitrogen and oxygen atoms in total. The second-order valence-electron chi connectivity index (χ2n) is 6.91. The van der Waals surface area contributed by atoms with Crippen molar-refractivity contribution in [3.63, 3.8) is 0 Å². The number of likely N-dealkylation sites (N-methyl/N-ethyl adjacent to an activating group) is 1. The van der Waals surface area contributed by atoms with Crippen molar-refractivity contribution in [1.82, 2.24) is 9.80 Å². The molecule has 0 aliphatic carbocycles. The molecule has 1 heterocycles. The van der Waals surface area contributed by atoms with E-state index in [-0.39, 0.29) is 5.97 Å². The third-order valence-electron chi connectivity index (χ3n) is 4.92. The van der Waals surface area contributed by atoms with E-state index < -0.39 is 0 Å². The van der Waals surface area contributed by atoms with Gasteiger partial charge in [0.1, 0.15) is 12.4 Å². The predicted octanol–water partition coefficient (Wildman–Crippen LogP) is 3.06. The summed E-state index contributed by atoms with van der Waals surface area (Å²) in [6.45, 7) is 6.85. The Bertz CT molecular complexity index is 718. The molecule has 0 aromatic heterocycles. The molecule has 1 saturated heterocycles. The summed E-state index contributed by atoms with van der Waals surface area (Å²) in [5.74, 6) is 0.476. The van der Waals surface area contributed by atoms with Crippen LogP contribution in [0.4, 0.5) is 0 Å². The van der Waals surface area contributed by atoms with Crippen molar-refractivity contribution < 1.29 is 14.3 Å². The number of piperazine rings is 1. The average molecular weight is 368 g/mol. The summed E-state index contributed by atoms with van der Waals surface area (Å²) in [5.41, 5.74) is 1.89. The van der Waals surface area contributed by atoms with Crippen molar-refractivity contribution in [2.24, 2.45) is 0 Å². The molecular weight excluding hydrogens is 340 g/mol. The van der Waals surface area contributed by atoms with Crippen LogP contribution in [0.3, 0.4) is 0 Å². The summed E-state index contributed by atoms with van der Waals surface area (Å²) in [5, 5.41) is 0. The van der Waals surface area contributed by atoms with Crippen molar-refractivity contribution >= 4 is 5.97 Å². The predicted molar refractivity (Wildman–Crippen MR) is 106 cm³/mol. The van der Waals surface area contributed by atoms with Crippen LogP contribution in [0.2, 0.25) is 0 Å². The lowest BCUT2D eigenvalue weighted by Crippen LogP contribution is -2.53. The zero-order valence-corrected chi connectivity index (χ0v) is 16.1. The van der Waals surface area contributed by atoms with Crippen LogP contribution >= 0.6 is 0 Å². The fourth-order valence-corrected chi connectivity index (χ4v) is 3.27. The molecular formula is C22H28N2O3. The monoisotopic (exact) mass is 368 g/mol. The lowest BCUT2D eigenvalue weighted by molar-refractivity contribution is 0.0526. The fourth-order valence-electron chi connectivity index (χ4n) is 3.27. The third kappa shape index (κ3) is 5.55. The Morgan fingerprint density at radius 3 is 2.52 bits per heavy atom. The van der Waals surface area contributed by atoms with Crippen molar-refractivity contribution in [2.45, 2.75) is 19.5 Å². The van der Waals surface area contributed by atoms with Crippen molar-refractivity contribution in [3.05, 3.63) is 65.7 Å². The van der Waals surface area contributed by atoms with Gasteiger partial charge in [-0.25, -0.2) is 4.79 Å². The van der Waals surface area contributed by atoms with Crippen LogP contribution in [-0.4, -0.2) is 61.7 Å². The highest BCUT2D eigenvalue weighted by atomic mass is 16.5. The van der Waals surface area contributed by atoms with E-state index in [1.807, 2.05) is 12.1 Å². The number of hydrogen-bond acceptors (Lipinski definition) is 5. The molecule has 0 bridgehead atoms. The van der Waals surface area contributed by atoms with Gasteiger partial charge in [-0.05, 0) is 43.8 Å². The van der Waals surface area contributed by atoms with E-state index in [1.165, 1.54) is 5.56 Å². The van der Waals surface area contributed by atoms with E-state index in [1.54, 1.807) is 19.1 Å². The number of ether oxygens (including phenoxy) is 2. The normalized spacial score (nSPS) is 18.2. The average Bonchev–Trinajstić information content (AvgIpc) is 2.70.